The maximum absolute atomic E-state index is 4.76. The molecule has 2 N–H and O–H groups in total. The molecule has 31 heavy (non-hydrogen) atoms. The van der Waals surface area contributed by atoms with Crippen molar-refractivity contribution in [3.05, 3.63) is 66.2 Å². The van der Waals surface area contributed by atoms with Crippen molar-refractivity contribution in [2.75, 3.05) is 44.0 Å². The zero-order chi connectivity index (χ0) is 21.6. The second kappa shape index (κ2) is 9.69. The summed E-state index contributed by atoms with van der Waals surface area (Å²) in [6.07, 6.45) is 2.19. The smallest absolute Gasteiger partial charge is 0.191 e. The number of rotatable bonds is 5. The summed E-state index contributed by atoms with van der Waals surface area (Å²) >= 11 is 0. The highest BCUT2D eigenvalue weighted by molar-refractivity contribution is 5.85. The summed E-state index contributed by atoms with van der Waals surface area (Å²) in [6, 6.07) is 21.6. The molecule has 1 aliphatic rings. The highest BCUT2D eigenvalue weighted by atomic mass is 15.2. The molecule has 3 aromatic rings. The number of guanidine groups is 1. The van der Waals surface area contributed by atoms with E-state index in [2.05, 4.69) is 75.1 Å². The second-order valence-corrected chi connectivity index (χ2v) is 8.22. The van der Waals surface area contributed by atoms with Gasteiger partial charge in [0.25, 0.3) is 0 Å². The molecule has 4 rings (SSSR count). The molecule has 0 spiro atoms. The van der Waals surface area contributed by atoms with Crippen LogP contribution in [0.1, 0.15) is 18.4 Å². The van der Waals surface area contributed by atoms with Crippen molar-refractivity contribution in [2.45, 2.75) is 25.4 Å². The first kappa shape index (κ1) is 21.0. The number of anilines is 2. The van der Waals surface area contributed by atoms with Crippen LogP contribution in [-0.2, 0) is 6.54 Å². The minimum Gasteiger partial charge on any atom is -0.371 e. The Morgan fingerprint density at radius 2 is 1.77 bits per heavy atom. The largest absolute Gasteiger partial charge is 0.371 e. The zero-order valence-corrected chi connectivity index (χ0v) is 18.7. The first-order valence-corrected chi connectivity index (χ1v) is 11.0. The Balaban J connectivity index is 1.37. The Morgan fingerprint density at radius 1 is 1.06 bits per heavy atom. The predicted molar refractivity (Wildman–Crippen MR) is 131 cm³/mol. The number of pyridine rings is 1. The fourth-order valence-electron chi connectivity index (χ4n) is 4.10. The van der Waals surface area contributed by atoms with E-state index < -0.39 is 0 Å². The van der Waals surface area contributed by atoms with Gasteiger partial charge in [-0.3, -0.25) is 4.99 Å². The van der Waals surface area contributed by atoms with Gasteiger partial charge in [0.05, 0.1) is 5.52 Å². The van der Waals surface area contributed by atoms with Crippen LogP contribution >= 0.6 is 0 Å². The third-order valence-electron chi connectivity index (χ3n) is 5.87. The normalized spacial score (nSPS) is 15.2. The highest BCUT2D eigenvalue weighted by Crippen LogP contribution is 2.22. The van der Waals surface area contributed by atoms with Crippen LogP contribution < -0.4 is 20.4 Å². The van der Waals surface area contributed by atoms with Crippen molar-refractivity contribution in [2.24, 2.45) is 4.99 Å². The van der Waals surface area contributed by atoms with Gasteiger partial charge in [0, 0.05) is 57.9 Å². The Labute approximate surface area is 185 Å². The summed E-state index contributed by atoms with van der Waals surface area (Å²) < 4.78 is 0. The van der Waals surface area contributed by atoms with E-state index in [-0.39, 0.29) is 0 Å². The van der Waals surface area contributed by atoms with E-state index in [0.29, 0.717) is 12.6 Å². The summed E-state index contributed by atoms with van der Waals surface area (Å²) in [5, 5.41) is 8.31. The predicted octanol–water partition coefficient (Wildman–Crippen LogP) is 3.63. The van der Waals surface area contributed by atoms with Gasteiger partial charge >= 0.3 is 0 Å². The maximum Gasteiger partial charge on any atom is 0.191 e. The number of piperidine rings is 1. The molecule has 1 fully saturated rings. The molecule has 0 aliphatic carbocycles. The zero-order valence-electron chi connectivity index (χ0n) is 18.7. The third-order valence-corrected chi connectivity index (χ3v) is 5.87. The first-order valence-electron chi connectivity index (χ1n) is 11.0. The van der Waals surface area contributed by atoms with Crippen LogP contribution in [0.15, 0.2) is 65.7 Å². The van der Waals surface area contributed by atoms with E-state index in [1.807, 2.05) is 32.1 Å². The molecule has 2 heterocycles. The molecule has 1 aliphatic heterocycles. The van der Waals surface area contributed by atoms with Gasteiger partial charge in [0.15, 0.2) is 5.96 Å². The van der Waals surface area contributed by atoms with Gasteiger partial charge in [-0.2, -0.15) is 0 Å². The summed E-state index contributed by atoms with van der Waals surface area (Å²) in [5.41, 5.74) is 3.54. The number of nitrogens with one attached hydrogen (secondary N) is 2. The van der Waals surface area contributed by atoms with Crippen molar-refractivity contribution < 1.29 is 0 Å². The van der Waals surface area contributed by atoms with Gasteiger partial charge < -0.3 is 20.4 Å². The average Bonchev–Trinajstić information content (AvgIpc) is 2.82. The number of hydrogen-bond donors (Lipinski definition) is 2. The lowest BCUT2D eigenvalue weighted by Gasteiger charge is -2.34. The van der Waals surface area contributed by atoms with Crippen LogP contribution in [0.5, 0.6) is 0 Å². The Kier molecular flexibility index (Phi) is 6.55. The van der Waals surface area contributed by atoms with Crippen LogP contribution in [0.25, 0.3) is 10.9 Å². The molecule has 6 heteroatoms. The van der Waals surface area contributed by atoms with Crippen molar-refractivity contribution in [1.82, 2.24) is 15.6 Å². The molecule has 0 atom stereocenters. The summed E-state index contributed by atoms with van der Waals surface area (Å²) in [6.45, 7) is 2.81. The second-order valence-electron chi connectivity index (χ2n) is 8.22. The van der Waals surface area contributed by atoms with E-state index in [4.69, 9.17) is 4.98 Å². The maximum atomic E-state index is 4.76. The monoisotopic (exact) mass is 416 g/mol. The van der Waals surface area contributed by atoms with E-state index in [1.165, 1.54) is 16.6 Å². The quantitative estimate of drug-likeness (QED) is 0.491. The molecule has 162 valence electrons. The SMILES string of the molecule is CN=C(NCc1cc(N(C)C)nc2ccccc12)NC1CCN(c2ccccc2)CC1. The van der Waals surface area contributed by atoms with Crippen LogP contribution in [0.3, 0.4) is 0 Å². The Bertz CT molecular complexity index is 1020. The van der Waals surface area contributed by atoms with Crippen molar-refractivity contribution in [1.29, 1.82) is 0 Å². The molecule has 0 radical (unpaired) electrons. The van der Waals surface area contributed by atoms with Gasteiger partial charge in [0.2, 0.25) is 0 Å². The molecular formula is C25H32N6. The topological polar surface area (TPSA) is 55.8 Å². The number of hydrogen-bond acceptors (Lipinski definition) is 4. The summed E-state index contributed by atoms with van der Waals surface area (Å²) in [7, 11) is 5.89. The minimum atomic E-state index is 0.428. The van der Waals surface area contributed by atoms with E-state index >= 15 is 0 Å². The molecule has 0 unspecified atom stereocenters. The summed E-state index contributed by atoms with van der Waals surface area (Å²) in [4.78, 5) is 13.7. The number of para-hydroxylation sites is 2. The molecule has 0 saturated carbocycles. The molecule has 6 nitrogen and oxygen atoms in total. The van der Waals surface area contributed by atoms with E-state index in [9.17, 15) is 0 Å². The molecule has 0 bridgehead atoms. The molecular weight excluding hydrogens is 384 g/mol. The van der Waals surface area contributed by atoms with Gasteiger partial charge in [-0.05, 0) is 42.7 Å². The minimum absolute atomic E-state index is 0.428. The lowest BCUT2D eigenvalue weighted by Crippen LogP contribution is -2.48. The lowest BCUT2D eigenvalue weighted by molar-refractivity contribution is 0.461. The van der Waals surface area contributed by atoms with Crippen LogP contribution in [0.4, 0.5) is 11.5 Å². The Hall–Kier alpha value is -3.28. The number of benzene rings is 2. The molecule has 1 saturated heterocycles. The van der Waals surface area contributed by atoms with Gasteiger partial charge in [-0.15, -0.1) is 0 Å². The lowest BCUT2D eigenvalue weighted by atomic mass is 10.0. The van der Waals surface area contributed by atoms with Crippen LogP contribution in [-0.4, -0.2) is 51.2 Å². The molecule has 0 amide bonds. The number of nitrogens with zero attached hydrogens (tertiary/aromatic N) is 4. The Morgan fingerprint density at radius 3 is 2.48 bits per heavy atom. The number of fused-ring (bicyclic) bond motifs is 1. The highest BCUT2D eigenvalue weighted by Gasteiger charge is 2.20. The average molecular weight is 417 g/mol. The first-order chi connectivity index (χ1) is 15.1. The van der Waals surface area contributed by atoms with Crippen LogP contribution in [0.2, 0.25) is 0 Å². The van der Waals surface area contributed by atoms with E-state index in [1.54, 1.807) is 0 Å². The van der Waals surface area contributed by atoms with Gasteiger partial charge in [-0.25, -0.2) is 4.98 Å². The fraction of sp³-hybridized carbons (Fsp3) is 0.360. The van der Waals surface area contributed by atoms with E-state index in [0.717, 1.165) is 43.2 Å². The summed E-state index contributed by atoms with van der Waals surface area (Å²) in [5.74, 6) is 1.82. The number of aliphatic imine (C=N–C) groups is 1. The van der Waals surface area contributed by atoms with Crippen molar-refractivity contribution in [3.63, 3.8) is 0 Å². The van der Waals surface area contributed by atoms with Gasteiger partial charge in [0.1, 0.15) is 5.82 Å². The standard InChI is InChI=1S/C25H32N6/c1-26-25(28-20-13-15-31(16-14-20)21-9-5-4-6-10-21)27-18-19-17-24(30(2)3)29-23-12-8-7-11-22(19)23/h4-12,17,20H,13-16,18H2,1-3H3,(H2,26,27,28). The van der Waals surface area contributed by atoms with Crippen molar-refractivity contribution >= 4 is 28.4 Å². The van der Waals surface area contributed by atoms with Crippen molar-refractivity contribution in [3.8, 4) is 0 Å². The molecule has 1 aromatic heterocycles. The molecule has 2 aromatic carbocycles. The van der Waals surface area contributed by atoms with Crippen LogP contribution in [0, 0.1) is 0 Å². The number of aromatic nitrogens is 1. The van der Waals surface area contributed by atoms with Gasteiger partial charge in [-0.1, -0.05) is 36.4 Å². The third kappa shape index (κ3) is 5.08. The fourth-order valence-corrected chi connectivity index (χ4v) is 4.10.